The van der Waals surface area contributed by atoms with Crippen LogP contribution in [0, 0.1) is 0 Å². The highest BCUT2D eigenvalue weighted by Crippen LogP contribution is 2.26. The summed E-state index contributed by atoms with van der Waals surface area (Å²) in [5.74, 6) is -0.819. The van der Waals surface area contributed by atoms with E-state index in [0.717, 1.165) is 0 Å². The molecule has 0 fully saturated rings. The van der Waals surface area contributed by atoms with E-state index >= 15 is 0 Å². The average molecular weight is 324 g/mol. The molecule has 1 unspecified atom stereocenters. The monoisotopic (exact) mass is 324 g/mol. The van der Waals surface area contributed by atoms with E-state index in [0.29, 0.717) is 22.3 Å². The van der Waals surface area contributed by atoms with Crippen LogP contribution in [0.2, 0.25) is 0 Å². The van der Waals surface area contributed by atoms with E-state index in [9.17, 15) is 9.59 Å². The molecular weight excluding hydrogens is 308 g/mol. The van der Waals surface area contributed by atoms with E-state index in [1.807, 2.05) is 6.07 Å². The molecule has 5 heteroatoms. The Morgan fingerprint density at radius 3 is 2.50 bits per heavy atom. The minimum Gasteiger partial charge on any atom is -0.497 e. The normalized spacial score (nSPS) is 11.9. The Bertz CT molecular complexity index is 927. The maximum absolute atomic E-state index is 12.9. The van der Waals surface area contributed by atoms with Crippen LogP contribution in [0.1, 0.15) is 17.0 Å². The Balaban J connectivity index is 2.23. The summed E-state index contributed by atoms with van der Waals surface area (Å²) in [7, 11) is 2.82. The summed E-state index contributed by atoms with van der Waals surface area (Å²) >= 11 is 0. The summed E-state index contributed by atoms with van der Waals surface area (Å²) in [6, 6.07) is 14.0. The van der Waals surface area contributed by atoms with Crippen molar-refractivity contribution in [1.29, 1.82) is 0 Å². The summed E-state index contributed by atoms with van der Waals surface area (Å²) in [6.07, 6.45) is 1.33. The van der Waals surface area contributed by atoms with Crippen molar-refractivity contribution in [1.82, 2.24) is 0 Å². The Morgan fingerprint density at radius 1 is 1.08 bits per heavy atom. The molecule has 0 spiro atoms. The fraction of sp³-hybridized carbons (Fsp3) is 0.158. The van der Waals surface area contributed by atoms with Crippen molar-refractivity contribution < 1.29 is 18.7 Å². The molecular formula is C19H16O5. The van der Waals surface area contributed by atoms with Crippen LogP contribution in [-0.2, 0) is 9.53 Å². The largest absolute Gasteiger partial charge is 0.497 e. The quantitative estimate of drug-likeness (QED) is 0.690. The van der Waals surface area contributed by atoms with Gasteiger partial charge in [0.1, 0.15) is 17.3 Å². The topological polar surface area (TPSA) is 65.7 Å². The van der Waals surface area contributed by atoms with E-state index in [1.54, 1.807) is 42.5 Å². The Kier molecular flexibility index (Phi) is 4.33. The van der Waals surface area contributed by atoms with Gasteiger partial charge in [-0.05, 0) is 23.8 Å². The first kappa shape index (κ1) is 15.8. The highest BCUT2D eigenvalue weighted by atomic mass is 16.5. The van der Waals surface area contributed by atoms with Crippen LogP contribution in [0.25, 0.3) is 11.0 Å². The molecule has 1 atom stereocenters. The van der Waals surface area contributed by atoms with Gasteiger partial charge in [-0.1, -0.05) is 30.3 Å². The minimum atomic E-state index is -0.844. The fourth-order valence-electron chi connectivity index (χ4n) is 2.66. The molecule has 1 heterocycles. The van der Waals surface area contributed by atoms with Gasteiger partial charge in [0.05, 0.1) is 31.4 Å². The van der Waals surface area contributed by atoms with Crippen molar-refractivity contribution in [2.75, 3.05) is 14.2 Å². The second-order valence-electron chi connectivity index (χ2n) is 5.25. The van der Waals surface area contributed by atoms with Crippen LogP contribution in [0.4, 0.5) is 0 Å². The molecule has 5 nitrogen and oxygen atoms in total. The molecule has 0 aliphatic carbocycles. The maximum atomic E-state index is 12.9. The number of methoxy groups -OCH3 is 2. The molecule has 2 aromatic carbocycles. The predicted molar refractivity (Wildman–Crippen MR) is 89.3 cm³/mol. The van der Waals surface area contributed by atoms with Crippen LogP contribution < -0.4 is 10.2 Å². The molecule has 24 heavy (non-hydrogen) atoms. The van der Waals surface area contributed by atoms with Gasteiger partial charge in [-0.15, -0.1) is 0 Å². The summed E-state index contributed by atoms with van der Waals surface area (Å²) in [4.78, 5) is 25.2. The summed E-state index contributed by atoms with van der Waals surface area (Å²) in [5, 5.41) is 0.358. The summed E-state index contributed by atoms with van der Waals surface area (Å²) in [5.41, 5.74) is 1.04. The van der Waals surface area contributed by atoms with Gasteiger partial charge in [0, 0.05) is 0 Å². The van der Waals surface area contributed by atoms with E-state index in [-0.39, 0.29) is 11.0 Å². The average Bonchev–Trinajstić information content (AvgIpc) is 2.64. The molecule has 3 rings (SSSR count). The van der Waals surface area contributed by atoms with E-state index in [1.165, 1.54) is 20.5 Å². The molecule has 1 aromatic heterocycles. The minimum absolute atomic E-state index is 0.230. The number of fused-ring (bicyclic) bond motifs is 1. The van der Waals surface area contributed by atoms with Crippen molar-refractivity contribution in [3.63, 3.8) is 0 Å². The third-order valence-corrected chi connectivity index (χ3v) is 3.89. The third kappa shape index (κ3) is 2.76. The fourth-order valence-corrected chi connectivity index (χ4v) is 2.66. The van der Waals surface area contributed by atoms with Gasteiger partial charge in [0.2, 0.25) is 0 Å². The Hall–Kier alpha value is -3.08. The Labute approximate surface area is 138 Å². The number of rotatable bonds is 4. The molecule has 0 N–H and O–H groups in total. The lowest BCUT2D eigenvalue weighted by Gasteiger charge is -2.15. The highest BCUT2D eigenvalue weighted by Gasteiger charge is 2.27. The van der Waals surface area contributed by atoms with Gasteiger partial charge in [-0.3, -0.25) is 9.59 Å². The molecule has 122 valence electrons. The van der Waals surface area contributed by atoms with E-state index in [2.05, 4.69) is 0 Å². The smallest absolute Gasteiger partial charge is 0.317 e. The first-order valence-corrected chi connectivity index (χ1v) is 7.38. The number of carbonyl (C=O) groups is 1. The zero-order chi connectivity index (χ0) is 17.1. The zero-order valence-corrected chi connectivity index (χ0v) is 13.3. The van der Waals surface area contributed by atoms with Crippen LogP contribution in [0.15, 0.2) is 64.0 Å². The number of carbonyl (C=O) groups excluding carboxylic acids is 1. The van der Waals surface area contributed by atoms with Gasteiger partial charge in [0.25, 0.3) is 0 Å². The van der Waals surface area contributed by atoms with Crippen LogP contribution in [-0.4, -0.2) is 20.2 Å². The highest BCUT2D eigenvalue weighted by molar-refractivity contribution is 5.85. The van der Waals surface area contributed by atoms with Crippen LogP contribution in [0.3, 0.4) is 0 Å². The number of ether oxygens (including phenoxy) is 2. The summed E-state index contributed by atoms with van der Waals surface area (Å²) in [6.45, 7) is 0. The second-order valence-corrected chi connectivity index (χ2v) is 5.25. The van der Waals surface area contributed by atoms with Gasteiger partial charge < -0.3 is 13.9 Å². The molecule has 0 aliphatic heterocycles. The van der Waals surface area contributed by atoms with Crippen LogP contribution in [0.5, 0.6) is 5.75 Å². The molecule has 0 bridgehead atoms. The third-order valence-electron chi connectivity index (χ3n) is 3.89. The number of hydrogen-bond donors (Lipinski definition) is 0. The predicted octanol–water partition coefficient (Wildman–Crippen LogP) is 3.11. The van der Waals surface area contributed by atoms with E-state index < -0.39 is 11.9 Å². The zero-order valence-electron chi connectivity index (χ0n) is 13.3. The number of benzene rings is 2. The van der Waals surface area contributed by atoms with Crippen molar-refractivity contribution >= 4 is 16.9 Å². The maximum Gasteiger partial charge on any atom is 0.317 e. The molecule has 0 saturated carbocycles. The number of esters is 1. The van der Waals surface area contributed by atoms with Crippen molar-refractivity contribution in [3.05, 3.63) is 76.1 Å². The Morgan fingerprint density at radius 2 is 1.83 bits per heavy atom. The van der Waals surface area contributed by atoms with Gasteiger partial charge >= 0.3 is 5.97 Å². The molecule has 3 aromatic rings. The lowest BCUT2D eigenvalue weighted by Crippen LogP contribution is -2.22. The SMILES string of the molecule is COC(=O)C(c1ccccc1)c1coc2ccc(OC)cc2c1=O. The van der Waals surface area contributed by atoms with Crippen molar-refractivity contribution in [2.45, 2.75) is 5.92 Å². The molecule has 0 amide bonds. The molecule has 0 saturated heterocycles. The van der Waals surface area contributed by atoms with Crippen molar-refractivity contribution in [3.8, 4) is 5.75 Å². The molecule has 0 radical (unpaired) electrons. The van der Waals surface area contributed by atoms with E-state index in [4.69, 9.17) is 13.9 Å². The number of hydrogen-bond acceptors (Lipinski definition) is 5. The van der Waals surface area contributed by atoms with Crippen LogP contribution >= 0.6 is 0 Å². The van der Waals surface area contributed by atoms with Crippen molar-refractivity contribution in [2.24, 2.45) is 0 Å². The lowest BCUT2D eigenvalue weighted by molar-refractivity contribution is -0.141. The first-order valence-electron chi connectivity index (χ1n) is 7.38. The van der Waals surface area contributed by atoms with Gasteiger partial charge in [-0.2, -0.15) is 0 Å². The standard InChI is InChI=1S/C19H16O5/c1-22-13-8-9-16-14(10-13)18(20)15(11-24-16)17(19(21)23-2)12-6-4-3-5-7-12/h3-11,17H,1-2H3. The van der Waals surface area contributed by atoms with Gasteiger partial charge in [-0.25, -0.2) is 0 Å². The second kappa shape index (κ2) is 6.58. The lowest BCUT2D eigenvalue weighted by atomic mass is 9.92. The molecule has 0 aliphatic rings. The first-order chi connectivity index (χ1) is 11.7. The van der Waals surface area contributed by atoms with Gasteiger partial charge in [0.15, 0.2) is 5.43 Å². The summed E-state index contributed by atoms with van der Waals surface area (Å²) < 4.78 is 15.6.